The number of hydrogen-bond donors (Lipinski definition) is 0. The smallest absolute Gasteiger partial charge is 0.232 e. The van der Waals surface area contributed by atoms with Crippen LogP contribution in [0.25, 0.3) is 0 Å². The van der Waals surface area contributed by atoms with E-state index in [2.05, 4.69) is 24.9 Å². The Labute approximate surface area is 115 Å². The highest BCUT2D eigenvalue weighted by molar-refractivity contribution is 7.92. The van der Waals surface area contributed by atoms with Gasteiger partial charge in [0.15, 0.2) is 0 Å². The molecule has 2 aliphatic rings. The molecule has 5 heteroatoms. The summed E-state index contributed by atoms with van der Waals surface area (Å²) < 4.78 is 25.9. The SMILES string of the molecule is Cc1ccc2c(c1)[C@H]1CN(C)CC[C@H]1N2S(C)(=O)=O. The van der Waals surface area contributed by atoms with E-state index in [0.717, 1.165) is 25.2 Å². The van der Waals surface area contributed by atoms with Crippen LogP contribution in [-0.2, 0) is 10.0 Å². The Bertz CT molecular complexity index is 612. The molecule has 0 aromatic heterocycles. The van der Waals surface area contributed by atoms with E-state index >= 15 is 0 Å². The van der Waals surface area contributed by atoms with Crippen molar-refractivity contribution in [2.24, 2.45) is 0 Å². The Morgan fingerprint density at radius 2 is 2.05 bits per heavy atom. The molecule has 0 aliphatic carbocycles. The minimum Gasteiger partial charge on any atom is -0.306 e. The second-order valence-corrected chi connectivity index (χ2v) is 7.71. The molecule has 3 rings (SSSR count). The van der Waals surface area contributed by atoms with Gasteiger partial charge in [-0.3, -0.25) is 4.31 Å². The Balaban J connectivity index is 2.15. The van der Waals surface area contributed by atoms with E-state index in [4.69, 9.17) is 0 Å². The van der Waals surface area contributed by atoms with E-state index in [1.54, 1.807) is 4.31 Å². The Hall–Kier alpha value is -1.07. The molecule has 0 saturated carbocycles. The fraction of sp³-hybridized carbons (Fsp3) is 0.571. The van der Waals surface area contributed by atoms with Crippen LogP contribution in [0.1, 0.15) is 23.5 Å². The molecule has 0 spiro atoms. The Morgan fingerprint density at radius 3 is 2.74 bits per heavy atom. The summed E-state index contributed by atoms with van der Waals surface area (Å²) in [6.07, 6.45) is 2.22. The first-order valence-corrected chi connectivity index (χ1v) is 8.51. The third-order valence-electron chi connectivity index (χ3n) is 4.26. The van der Waals surface area contributed by atoms with Crippen LogP contribution in [0.3, 0.4) is 0 Å². The number of benzene rings is 1. The molecule has 0 N–H and O–H groups in total. The summed E-state index contributed by atoms with van der Waals surface area (Å²) >= 11 is 0. The fourth-order valence-corrected chi connectivity index (χ4v) is 4.73. The third kappa shape index (κ3) is 2.05. The average molecular weight is 280 g/mol. The second kappa shape index (κ2) is 4.21. The normalized spacial score (nSPS) is 27.2. The van der Waals surface area contributed by atoms with E-state index in [9.17, 15) is 8.42 Å². The third-order valence-corrected chi connectivity index (χ3v) is 5.44. The topological polar surface area (TPSA) is 40.6 Å². The molecule has 0 bridgehead atoms. The van der Waals surface area contributed by atoms with Gasteiger partial charge in [-0.2, -0.15) is 0 Å². The van der Waals surface area contributed by atoms with E-state index in [-0.39, 0.29) is 6.04 Å². The summed E-state index contributed by atoms with van der Waals surface area (Å²) in [5.41, 5.74) is 3.28. The lowest BCUT2D eigenvalue weighted by molar-refractivity contribution is 0.237. The molecule has 0 unspecified atom stereocenters. The van der Waals surface area contributed by atoms with Gasteiger partial charge in [-0.1, -0.05) is 17.7 Å². The van der Waals surface area contributed by atoms with Gasteiger partial charge in [0.1, 0.15) is 0 Å². The van der Waals surface area contributed by atoms with Crippen LogP contribution in [-0.4, -0.2) is 45.8 Å². The molecule has 1 fully saturated rings. The number of piperidine rings is 1. The van der Waals surface area contributed by atoms with Crippen molar-refractivity contribution in [3.63, 3.8) is 0 Å². The number of likely N-dealkylation sites (tertiary alicyclic amines) is 1. The summed E-state index contributed by atoms with van der Waals surface area (Å²) in [7, 11) is -1.10. The van der Waals surface area contributed by atoms with Gasteiger partial charge in [0.2, 0.25) is 10.0 Å². The molecule has 4 nitrogen and oxygen atoms in total. The number of anilines is 1. The highest BCUT2D eigenvalue weighted by Gasteiger charge is 2.44. The first-order chi connectivity index (χ1) is 8.88. The lowest BCUT2D eigenvalue weighted by Gasteiger charge is -2.36. The van der Waals surface area contributed by atoms with Crippen molar-refractivity contribution in [3.05, 3.63) is 29.3 Å². The maximum absolute atomic E-state index is 12.1. The Morgan fingerprint density at radius 1 is 1.32 bits per heavy atom. The first-order valence-electron chi connectivity index (χ1n) is 6.66. The number of sulfonamides is 1. The molecular weight excluding hydrogens is 260 g/mol. The maximum atomic E-state index is 12.1. The van der Waals surface area contributed by atoms with Gasteiger partial charge in [0.05, 0.1) is 18.0 Å². The van der Waals surface area contributed by atoms with Crippen LogP contribution in [0.4, 0.5) is 5.69 Å². The molecule has 1 saturated heterocycles. The van der Waals surface area contributed by atoms with Crippen molar-refractivity contribution in [2.45, 2.75) is 25.3 Å². The van der Waals surface area contributed by atoms with Crippen LogP contribution in [0.5, 0.6) is 0 Å². The molecule has 104 valence electrons. The zero-order chi connectivity index (χ0) is 13.8. The van der Waals surface area contributed by atoms with Gasteiger partial charge in [0.25, 0.3) is 0 Å². The quantitative estimate of drug-likeness (QED) is 0.784. The lowest BCUT2D eigenvalue weighted by Crippen LogP contribution is -2.46. The first kappa shape index (κ1) is 12.9. The van der Waals surface area contributed by atoms with Gasteiger partial charge >= 0.3 is 0 Å². The van der Waals surface area contributed by atoms with E-state index < -0.39 is 10.0 Å². The van der Waals surface area contributed by atoms with E-state index in [1.165, 1.54) is 17.4 Å². The van der Waals surface area contributed by atoms with Crippen LogP contribution in [0.2, 0.25) is 0 Å². The van der Waals surface area contributed by atoms with Crippen LogP contribution in [0, 0.1) is 6.92 Å². The molecule has 1 aromatic rings. The van der Waals surface area contributed by atoms with Crippen molar-refractivity contribution in [3.8, 4) is 0 Å². The van der Waals surface area contributed by atoms with E-state index in [0.29, 0.717) is 5.92 Å². The van der Waals surface area contributed by atoms with Gasteiger partial charge < -0.3 is 4.90 Å². The molecule has 19 heavy (non-hydrogen) atoms. The van der Waals surface area contributed by atoms with Crippen molar-refractivity contribution < 1.29 is 8.42 Å². The number of hydrogen-bond acceptors (Lipinski definition) is 3. The number of nitrogens with zero attached hydrogens (tertiary/aromatic N) is 2. The number of likely N-dealkylation sites (N-methyl/N-ethyl adjacent to an activating group) is 1. The summed E-state index contributed by atoms with van der Waals surface area (Å²) in [4.78, 5) is 2.29. The van der Waals surface area contributed by atoms with Crippen LogP contribution in [0.15, 0.2) is 18.2 Å². The highest BCUT2D eigenvalue weighted by Crippen LogP contribution is 2.45. The number of aryl methyl sites for hydroxylation is 1. The molecule has 0 amide bonds. The zero-order valence-electron chi connectivity index (χ0n) is 11.6. The van der Waals surface area contributed by atoms with Gasteiger partial charge in [-0.15, -0.1) is 0 Å². The van der Waals surface area contributed by atoms with Crippen molar-refractivity contribution in [1.82, 2.24) is 4.90 Å². The van der Waals surface area contributed by atoms with Gasteiger partial charge in [0, 0.05) is 12.5 Å². The predicted molar refractivity (Wildman–Crippen MR) is 77.1 cm³/mol. The van der Waals surface area contributed by atoms with Gasteiger partial charge in [-0.25, -0.2) is 8.42 Å². The fourth-order valence-electron chi connectivity index (χ4n) is 3.46. The zero-order valence-corrected chi connectivity index (χ0v) is 12.4. The van der Waals surface area contributed by atoms with Crippen LogP contribution < -0.4 is 4.31 Å². The van der Waals surface area contributed by atoms with Crippen molar-refractivity contribution in [1.29, 1.82) is 0 Å². The van der Waals surface area contributed by atoms with Crippen LogP contribution >= 0.6 is 0 Å². The largest absolute Gasteiger partial charge is 0.306 e. The minimum absolute atomic E-state index is 0.1000. The van der Waals surface area contributed by atoms with Gasteiger partial charge in [-0.05, 0) is 38.6 Å². The summed E-state index contributed by atoms with van der Waals surface area (Å²) in [6, 6.07) is 6.21. The maximum Gasteiger partial charge on any atom is 0.232 e. The standard InChI is InChI=1S/C14H20N2O2S/c1-10-4-5-13-11(8-10)12-9-15(2)7-6-14(12)16(13)19(3,17)18/h4-5,8,12,14H,6-7,9H2,1-3H3/t12-,14-/m1/s1. The monoisotopic (exact) mass is 280 g/mol. The molecule has 2 heterocycles. The van der Waals surface area contributed by atoms with Crippen molar-refractivity contribution in [2.75, 3.05) is 30.7 Å². The summed E-state index contributed by atoms with van der Waals surface area (Å²) in [6.45, 7) is 3.96. The predicted octanol–water partition coefficient (Wildman–Crippen LogP) is 1.56. The highest BCUT2D eigenvalue weighted by atomic mass is 32.2. The number of fused-ring (bicyclic) bond motifs is 3. The summed E-state index contributed by atoms with van der Waals surface area (Å²) in [5.74, 6) is 0.309. The van der Waals surface area contributed by atoms with E-state index in [1.807, 2.05) is 12.1 Å². The summed E-state index contributed by atoms with van der Waals surface area (Å²) in [5, 5.41) is 0. The molecule has 2 atom stereocenters. The molecule has 0 radical (unpaired) electrons. The average Bonchev–Trinajstić information content (AvgIpc) is 2.62. The molecule has 1 aromatic carbocycles. The minimum atomic E-state index is -3.20. The molecular formula is C14H20N2O2S. The Kier molecular flexibility index (Phi) is 2.87. The lowest BCUT2D eigenvalue weighted by atomic mass is 9.89. The second-order valence-electron chi connectivity index (χ2n) is 5.85. The van der Waals surface area contributed by atoms with Crippen molar-refractivity contribution >= 4 is 15.7 Å². The number of rotatable bonds is 1. The molecule has 2 aliphatic heterocycles.